The number of aromatic nitrogens is 3. The average Bonchev–Trinajstić information content (AvgIpc) is 3.31. The molecule has 3 aromatic rings. The van der Waals surface area contributed by atoms with E-state index in [2.05, 4.69) is 21.8 Å². The van der Waals surface area contributed by atoms with E-state index in [4.69, 9.17) is 4.74 Å². The summed E-state index contributed by atoms with van der Waals surface area (Å²) in [6, 6.07) is 15.1. The van der Waals surface area contributed by atoms with Gasteiger partial charge in [-0.2, -0.15) is 11.8 Å². The molecule has 0 radical (unpaired) electrons. The number of benzene rings is 1. The minimum atomic E-state index is -0.202. The number of nitrogens with one attached hydrogen (secondary N) is 1. The normalized spacial score (nSPS) is 15.3. The third kappa shape index (κ3) is 6.08. The number of hydrogen-bond acceptors (Lipinski definition) is 6. The van der Waals surface area contributed by atoms with Gasteiger partial charge in [0.25, 0.3) is 0 Å². The summed E-state index contributed by atoms with van der Waals surface area (Å²) < 4.78 is 7.58. The Balaban J connectivity index is 1.28. The molecule has 1 fully saturated rings. The summed E-state index contributed by atoms with van der Waals surface area (Å²) in [4.78, 5) is 27.5. The molecule has 0 saturated carbocycles. The Hall–Kier alpha value is -3.07. The van der Waals surface area contributed by atoms with Gasteiger partial charge in [0, 0.05) is 25.2 Å². The lowest BCUT2D eigenvalue weighted by Crippen LogP contribution is -2.44. The Bertz CT molecular complexity index is 1080. The van der Waals surface area contributed by atoms with Gasteiger partial charge in [0.2, 0.25) is 11.8 Å². The maximum atomic E-state index is 13.1. The number of nitrogens with zero attached hydrogens (tertiary/aromatic N) is 4. The van der Waals surface area contributed by atoms with Crippen LogP contribution >= 0.6 is 11.8 Å². The number of thioether (sulfide) groups is 1. The van der Waals surface area contributed by atoms with E-state index in [1.54, 1.807) is 11.8 Å². The third-order valence-electron chi connectivity index (χ3n) is 6.13. The van der Waals surface area contributed by atoms with Crippen LogP contribution in [0.1, 0.15) is 37.5 Å². The molecule has 0 spiro atoms. The highest BCUT2D eigenvalue weighted by molar-refractivity contribution is 7.98. The highest BCUT2D eigenvalue weighted by Gasteiger charge is 2.29. The number of likely N-dealkylation sites (tertiary alicyclic amines) is 1. The number of hydrogen-bond donors (Lipinski definition) is 1. The van der Waals surface area contributed by atoms with E-state index in [-0.39, 0.29) is 23.8 Å². The van der Waals surface area contributed by atoms with Gasteiger partial charge in [-0.15, -0.1) is 10.2 Å². The number of carbonyl (C=O) groups excluding carboxylic acids is 2. The van der Waals surface area contributed by atoms with E-state index in [1.165, 1.54) is 0 Å². The number of rotatable bonds is 10. The minimum absolute atomic E-state index is 0.0262. The molecule has 8 nitrogen and oxygen atoms in total. The average molecular weight is 482 g/mol. The summed E-state index contributed by atoms with van der Waals surface area (Å²) in [5, 5.41) is 11.8. The maximum Gasteiger partial charge on any atom is 0.225 e. The van der Waals surface area contributed by atoms with Gasteiger partial charge in [-0.25, -0.2) is 0 Å². The number of para-hydroxylation sites is 1. The summed E-state index contributed by atoms with van der Waals surface area (Å²) >= 11 is 1.74. The van der Waals surface area contributed by atoms with Crippen LogP contribution < -0.4 is 10.1 Å². The van der Waals surface area contributed by atoms with Crippen molar-refractivity contribution in [1.29, 1.82) is 0 Å². The molecule has 1 unspecified atom stereocenters. The van der Waals surface area contributed by atoms with Crippen molar-refractivity contribution < 1.29 is 14.3 Å². The van der Waals surface area contributed by atoms with Gasteiger partial charge in [-0.05, 0) is 55.5 Å². The van der Waals surface area contributed by atoms with Gasteiger partial charge < -0.3 is 15.0 Å². The lowest BCUT2D eigenvalue weighted by molar-refractivity contribution is -0.136. The lowest BCUT2D eigenvalue weighted by Gasteiger charge is -2.32. The molecule has 9 heteroatoms. The van der Waals surface area contributed by atoms with Gasteiger partial charge >= 0.3 is 0 Å². The van der Waals surface area contributed by atoms with Crippen LogP contribution in [0.5, 0.6) is 5.75 Å². The first-order valence-corrected chi connectivity index (χ1v) is 13.1. The zero-order valence-electron chi connectivity index (χ0n) is 19.4. The topological polar surface area (TPSA) is 88.8 Å². The lowest BCUT2D eigenvalue weighted by atomic mass is 9.95. The number of fused-ring (bicyclic) bond motifs is 1. The molecule has 1 aliphatic heterocycles. The van der Waals surface area contributed by atoms with E-state index in [9.17, 15) is 9.59 Å². The fraction of sp³-hybridized carbons (Fsp3) is 0.440. The molecule has 2 aromatic heterocycles. The van der Waals surface area contributed by atoms with Crippen molar-refractivity contribution in [3.8, 4) is 5.75 Å². The number of ether oxygens (including phenoxy) is 1. The standard InChI is InChI=1S/C25H31N5O3S/c1-34-18-13-21(24-28-27-22-9-5-6-14-30(22)24)26-25(32)19-10-15-29(16-11-19)23(31)12-17-33-20-7-3-2-4-8-20/h2-9,14,19,21H,10-13,15-18H2,1H3,(H,26,32). The third-order valence-corrected chi connectivity index (χ3v) is 6.77. The van der Waals surface area contributed by atoms with E-state index in [0.29, 0.717) is 39.0 Å². The highest BCUT2D eigenvalue weighted by atomic mass is 32.2. The Kier molecular flexibility index (Phi) is 8.41. The molecule has 4 rings (SSSR count). The Morgan fingerprint density at radius 1 is 1.12 bits per heavy atom. The first-order chi connectivity index (χ1) is 16.7. The molecular formula is C25H31N5O3S. The zero-order chi connectivity index (χ0) is 23.8. The van der Waals surface area contributed by atoms with Crippen molar-refractivity contribution in [3.05, 3.63) is 60.6 Å². The van der Waals surface area contributed by atoms with Crippen LogP contribution in [0.15, 0.2) is 54.7 Å². The molecule has 0 bridgehead atoms. The number of pyridine rings is 1. The zero-order valence-corrected chi connectivity index (χ0v) is 20.2. The van der Waals surface area contributed by atoms with Gasteiger partial charge in [-0.1, -0.05) is 24.3 Å². The van der Waals surface area contributed by atoms with Crippen molar-refractivity contribution in [2.75, 3.05) is 31.7 Å². The monoisotopic (exact) mass is 481 g/mol. The van der Waals surface area contributed by atoms with Crippen molar-refractivity contribution >= 4 is 29.2 Å². The second-order valence-electron chi connectivity index (χ2n) is 8.40. The van der Waals surface area contributed by atoms with Crippen LogP contribution in [-0.4, -0.2) is 63.0 Å². The van der Waals surface area contributed by atoms with Crippen molar-refractivity contribution in [2.24, 2.45) is 5.92 Å². The Labute approximate surface area is 204 Å². The molecule has 1 N–H and O–H groups in total. The first-order valence-electron chi connectivity index (χ1n) is 11.7. The van der Waals surface area contributed by atoms with E-state index in [0.717, 1.165) is 29.4 Å². The van der Waals surface area contributed by atoms with Crippen LogP contribution in [0.25, 0.3) is 5.65 Å². The van der Waals surface area contributed by atoms with Crippen molar-refractivity contribution in [1.82, 2.24) is 24.8 Å². The predicted molar refractivity (Wildman–Crippen MR) is 133 cm³/mol. The molecule has 3 heterocycles. The smallest absolute Gasteiger partial charge is 0.225 e. The van der Waals surface area contributed by atoms with Gasteiger partial charge in [0.15, 0.2) is 11.5 Å². The largest absolute Gasteiger partial charge is 0.493 e. The van der Waals surface area contributed by atoms with Crippen molar-refractivity contribution in [2.45, 2.75) is 31.7 Å². The minimum Gasteiger partial charge on any atom is -0.493 e. The van der Waals surface area contributed by atoms with Crippen LogP contribution in [0, 0.1) is 5.92 Å². The van der Waals surface area contributed by atoms with Crippen LogP contribution in [0.2, 0.25) is 0 Å². The molecule has 180 valence electrons. The Morgan fingerprint density at radius 3 is 2.65 bits per heavy atom. The summed E-state index contributed by atoms with van der Waals surface area (Å²) in [6.45, 7) is 1.53. The SMILES string of the molecule is CSCCC(NC(=O)C1CCN(C(=O)CCOc2ccccc2)CC1)c1nnc2ccccn12. The van der Waals surface area contributed by atoms with Gasteiger partial charge in [0.1, 0.15) is 5.75 Å². The second kappa shape index (κ2) is 11.9. The Morgan fingerprint density at radius 2 is 1.88 bits per heavy atom. The molecule has 0 aliphatic carbocycles. The highest BCUT2D eigenvalue weighted by Crippen LogP contribution is 2.23. The summed E-state index contributed by atoms with van der Waals surface area (Å²) in [7, 11) is 0. The first kappa shape index (κ1) is 24.1. The molecule has 1 saturated heterocycles. The summed E-state index contributed by atoms with van der Waals surface area (Å²) in [5.41, 5.74) is 0.768. The number of piperidine rings is 1. The van der Waals surface area contributed by atoms with E-state index in [1.807, 2.05) is 64.0 Å². The van der Waals surface area contributed by atoms with Crippen LogP contribution in [-0.2, 0) is 9.59 Å². The molecule has 2 amide bonds. The fourth-order valence-corrected chi connectivity index (χ4v) is 4.68. The quantitative estimate of drug-likeness (QED) is 0.478. The summed E-state index contributed by atoms with van der Waals surface area (Å²) in [5.74, 6) is 2.41. The fourth-order valence-electron chi connectivity index (χ4n) is 4.21. The number of carbonyl (C=O) groups is 2. The van der Waals surface area contributed by atoms with Gasteiger partial charge in [-0.3, -0.25) is 14.0 Å². The summed E-state index contributed by atoms with van der Waals surface area (Å²) in [6.07, 6.45) is 6.41. The van der Waals surface area contributed by atoms with Crippen LogP contribution in [0.3, 0.4) is 0 Å². The maximum absolute atomic E-state index is 13.1. The molecule has 1 aromatic carbocycles. The molecule has 34 heavy (non-hydrogen) atoms. The van der Waals surface area contributed by atoms with Gasteiger partial charge in [0.05, 0.1) is 19.1 Å². The molecular weight excluding hydrogens is 450 g/mol. The van der Waals surface area contributed by atoms with E-state index >= 15 is 0 Å². The van der Waals surface area contributed by atoms with Crippen molar-refractivity contribution in [3.63, 3.8) is 0 Å². The van der Waals surface area contributed by atoms with Crippen LogP contribution in [0.4, 0.5) is 0 Å². The predicted octanol–water partition coefficient (Wildman–Crippen LogP) is 3.35. The molecule has 1 aliphatic rings. The second-order valence-corrected chi connectivity index (χ2v) is 9.38. The number of amides is 2. The molecule has 1 atom stereocenters. The van der Waals surface area contributed by atoms with E-state index < -0.39 is 0 Å².